The second kappa shape index (κ2) is 14.4. The topological polar surface area (TPSA) is 114 Å². The van der Waals surface area contributed by atoms with E-state index >= 15 is 0 Å². The van der Waals surface area contributed by atoms with E-state index in [2.05, 4.69) is 12.2 Å². The lowest BCUT2D eigenvalue weighted by Crippen LogP contribution is -2.45. The van der Waals surface area contributed by atoms with Gasteiger partial charge < -0.3 is 29.3 Å². The highest BCUT2D eigenvalue weighted by Crippen LogP contribution is 2.40. The Morgan fingerprint density at radius 3 is 2.56 bits per heavy atom. The predicted molar refractivity (Wildman–Crippen MR) is 135 cm³/mol. The molecule has 10 nitrogen and oxygen atoms in total. The fourth-order valence-electron chi connectivity index (χ4n) is 4.13. The van der Waals surface area contributed by atoms with Gasteiger partial charge in [0.1, 0.15) is 5.69 Å². The van der Waals surface area contributed by atoms with E-state index in [0.717, 1.165) is 24.8 Å². The molecule has 1 aromatic rings. The smallest absolute Gasteiger partial charge is 0.308 e. The van der Waals surface area contributed by atoms with Gasteiger partial charge >= 0.3 is 5.97 Å². The molecule has 1 aromatic carbocycles. The van der Waals surface area contributed by atoms with E-state index in [1.54, 1.807) is 24.1 Å². The van der Waals surface area contributed by atoms with Crippen molar-refractivity contribution in [3.63, 3.8) is 0 Å². The molecule has 2 rings (SSSR count). The molecule has 1 N–H and O–H groups in total. The number of anilines is 1. The van der Waals surface area contributed by atoms with Crippen LogP contribution in [0.3, 0.4) is 0 Å². The Morgan fingerprint density at radius 2 is 1.92 bits per heavy atom. The molecule has 1 atom stereocenters. The number of carbonyl (C=O) groups is 4. The van der Waals surface area contributed by atoms with Gasteiger partial charge in [0, 0.05) is 46.6 Å². The third kappa shape index (κ3) is 8.51. The number of esters is 1. The molecule has 0 aliphatic carbocycles. The normalized spacial score (nSPS) is 13.2. The number of fused-ring (bicyclic) bond motifs is 1. The summed E-state index contributed by atoms with van der Waals surface area (Å²) < 4.78 is 15.9. The van der Waals surface area contributed by atoms with Crippen LogP contribution in [0.5, 0.6) is 11.5 Å². The lowest BCUT2D eigenvalue weighted by molar-refractivity contribution is -0.136. The van der Waals surface area contributed by atoms with Crippen LogP contribution in [0.2, 0.25) is 0 Å². The summed E-state index contributed by atoms with van der Waals surface area (Å²) in [5.41, 5.74) is 1.09. The molecule has 0 bridgehead atoms. The van der Waals surface area contributed by atoms with Crippen LogP contribution in [0.1, 0.15) is 58.9 Å². The van der Waals surface area contributed by atoms with Crippen molar-refractivity contribution in [3.8, 4) is 11.5 Å². The van der Waals surface area contributed by atoms with E-state index in [9.17, 15) is 19.2 Å². The van der Waals surface area contributed by atoms with Crippen molar-refractivity contribution in [1.82, 2.24) is 9.80 Å². The number of methoxy groups -OCH3 is 1. The summed E-state index contributed by atoms with van der Waals surface area (Å²) in [6.07, 6.45) is 3.74. The monoisotopic (exact) mass is 505 g/mol. The van der Waals surface area contributed by atoms with E-state index in [1.165, 1.54) is 13.8 Å². The Labute approximate surface area is 213 Å². The van der Waals surface area contributed by atoms with Gasteiger partial charge in [-0.15, -0.1) is 0 Å². The molecule has 36 heavy (non-hydrogen) atoms. The fraction of sp³-hybridized carbons (Fsp3) is 0.615. The highest BCUT2D eigenvalue weighted by molar-refractivity contribution is 5.98. The molecule has 0 saturated carbocycles. The van der Waals surface area contributed by atoms with Gasteiger partial charge in [0.15, 0.2) is 18.1 Å². The number of nitrogens with zero attached hydrogens (tertiary/aromatic N) is 2. The van der Waals surface area contributed by atoms with Crippen molar-refractivity contribution >= 4 is 29.4 Å². The van der Waals surface area contributed by atoms with Gasteiger partial charge in [0.05, 0.1) is 13.0 Å². The molecule has 0 spiro atoms. The SMILES string of the molecule is CCCC[C@@H](C)N(CCN(CCc1ccc(OC(C)=O)c2c1OCC(=O)N2)C(C)=O)C(=O)CCOC. The van der Waals surface area contributed by atoms with Gasteiger partial charge in [-0.3, -0.25) is 19.2 Å². The van der Waals surface area contributed by atoms with E-state index in [4.69, 9.17) is 14.2 Å². The summed E-state index contributed by atoms with van der Waals surface area (Å²) in [6.45, 7) is 8.39. The molecule has 1 heterocycles. The van der Waals surface area contributed by atoms with E-state index in [0.29, 0.717) is 50.5 Å². The Kier molecular flexibility index (Phi) is 11.7. The molecule has 3 amide bonds. The lowest BCUT2D eigenvalue weighted by atomic mass is 10.1. The fourth-order valence-corrected chi connectivity index (χ4v) is 4.13. The summed E-state index contributed by atoms with van der Waals surface area (Å²) in [6, 6.07) is 3.44. The Balaban J connectivity index is 2.12. The Morgan fingerprint density at radius 1 is 1.17 bits per heavy atom. The van der Waals surface area contributed by atoms with Crippen LogP contribution >= 0.6 is 0 Å². The molecule has 0 unspecified atom stereocenters. The molecule has 200 valence electrons. The number of hydrogen-bond acceptors (Lipinski definition) is 7. The number of carbonyl (C=O) groups excluding carboxylic acids is 4. The first kappa shape index (κ1) is 29.1. The summed E-state index contributed by atoms with van der Waals surface area (Å²) in [4.78, 5) is 52.1. The van der Waals surface area contributed by atoms with Crippen LogP contribution in [0.4, 0.5) is 5.69 Å². The van der Waals surface area contributed by atoms with Gasteiger partial charge in [-0.25, -0.2) is 0 Å². The minimum atomic E-state index is -0.509. The van der Waals surface area contributed by atoms with Crippen LogP contribution in [0.15, 0.2) is 12.1 Å². The number of unbranched alkanes of at least 4 members (excludes halogenated alkanes) is 1. The highest BCUT2D eigenvalue weighted by atomic mass is 16.5. The van der Waals surface area contributed by atoms with Crippen molar-refractivity contribution in [3.05, 3.63) is 17.7 Å². The molecule has 0 radical (unpaired) electrons. The van der Waals surface area contributed by atoms with Gasteiger partial charge in [-0.2, -0.15) is 0 Å². The quantitative estimate of drug-likeness (QED) is 0.305. The average Bonchev–Trinajstić information content (AvgIpc) is 2.83. The van der Waals surface area contributed by atoms with Crippen LogP contribution < -0.4 is 14.8 Å². The molecular formula is C26H39N3O7. The summed E-state index contributed by atoms with van der Waals surface area (Å²) in [7, 11) is 1.57. The largest absolute Gasteiger partial charge is 0.481 e. The second-order valence-electron chi connectivity index (χ2n) is 8.93. The summed E-state index contributed by atoms with van der Waals surface area (Å²) in [5, 5.41) is 2.71. The number of rotatable bonds is 14. The van der Waals surface area contributed by atoms with Crippen molar-refractivity contribution in [2.75, 3.05) is 45.3 Å². The standard InChI is InChI=1S/C26H39N3O7/c1-6-7-8-18(2)29(24(33)12-16-34-5)15-14-28(19(3)30)13-11-21-9-10-22(36-20(4)31)25-26(21)35-17-23(32)27-25/h9-10,18H,6-8,11-17H2,1-5H3,(H,27,32)/t18-/m1/s1. The van der Waals surface area contributed by atoms with Gasteiger partial charge in [-0.1, -0.05) is 25.8 Å². The average molecular weight is 506 g/mol. The minimum Gasteiger partial charge on any atom is -0.481 e. The predicted octanol–water partition coefficient (Wildman–Crippen LogP) is 2.78. The number of benzene rings is 1. The van der Waals surface area contributed by atoms with Crippen molar-refractivity contribution in [1.29, 1.82) is 0 Å². The third-order valence-corrected chi connectivity index (χ3v) is 6.12. The molecular weight excluding hydrogens is 466 g/mol. The molecule has 0 saturated heterocycles. The van der Waals surface area contributed by atoms with Crippen LogP contribution in [-0.2, 0) is 30.3 Å². The van der Waals surface area contributed by atoms with Crippen molar-refractivity contribution in [2.24, 2.45) is 0 Å². The van der Waals surface area contributed by atoms with Gasteiger partial charge in [0.25, 0.3) is 5.91 Å². The van der Waals surface area contributed by atoms with Gasteiger partial charge in [-0.05, 0) is 31.4 Å². The van der Waals surface area contributed by atoms with Crippen LogP contribution in [0, 0.1) is 0 Å². The first-order chi connectivity index (χ1) is 17.2. The molecule has 0 aromatic heterocycles. The van der Waals surface area contributed by atoms with E-state index in [1.807, 2.05) is 11.8 Å². The first-order valence-corrected chi connectivity index (χ1v) is 12.5. The number of ether oxygens (including phenoxy) is 3. The molecule has 1 aliphatic heterocycles. The van der Waals surface area contributed by atoms with Crippen molar-refractivity contribution in [2.45, 2.75) is 65.8 Å². The number of hydrogen-bond donors (Lipinski definition) is 1. The maximum atomic E-state index is 12.8. The Bertz CT molecular complexity index is 934. The van der Waals surface area contributed by atoms with Crippen LogP contribution in [0.25, 0.3) is 0 Å². The zero-order chi connectivity index (χ0) is 26.7. The molecule has 10 heteroatoms. The van der Waals surface area contributed by atoms with Crippen molar-refractivity contribution < 1.29 is 33.4 Å². The highest BCUT2D eigenvalue weighted by Gasteiger charge is 2.25. The number of nitrogens with one attached hydrogen (secondary N) is 1. The number of amides is 3. The summed E-state index contributed by atoms with van der Waals surface area (Å²) >= 11 is 0. The van der Waals surface area contributed by atoms with Gasteiger partial charge in [0.2, 0.25) is 11.8 Å². The first-order valence-electron chi connectivity index (χ1n) is 12.5. The molecule has 0 fully saturated rings. The zero-order valence-electron chi connectivity index (χ0n) is 22.1. The van der Waals surface area contributed by atoms with E-state index < -0.39 is 5.97 Å². The lowest BCUT2D eigenvalue weighted by Gasteiger charge is -2.32. The van der Waals surface area contributed by atoms with E-state index in [-0.39, 0.29) is 36.1 Å². The zero-order valence-corrected chi connectivity index (χ0v) is 22.1. The maximum Gasteiger partial charge on any atom is 0.308 e. The minimum absolute atomic E-state index is 0.0169. The maximum absolute atomic E-state index is 12.8. The Hall–Kier alpha value is -3.14. The summed E-state index contributed by atoms with van der Waals surface area (Å²) in [5.74, 6) is -0.284. The second-order valence-corrected chi connectivity index (χ2v) is 8.93. The van der Waals surface area contributed by atoms with Crippen LogP contribution in [-0.4, -0.2) is 79.5 Å². The molecule has 1 aliphatic rings. The third-order valence-electron chi connectivity index (χ3n) is 6.12.